The van der Waals surface area contributed by atoms with Gasteiger partial charge >= 0.3 is 5.97 Å². The molecule has 0 radical (unpaired) electrons. The van der Waals surface area contributed by atoms with Gasteiger partial charge in [-0.15, -0.1) is 11.3 Å². The minimum Gasteiger partial charge on any atom is -0.451 e. The molecule has 0 aliphatic rings. The number of nitrogens with one attached hydrogen (secondary N) is 1. The third-order valence-corrected chi connectivity index (χ3v) is 5.49. The first-order valence-corrected chi connectivity index (χ1v) is 8.57. The lowest BCUT2D eigenvalue weighted by Gasteiger charge is -2.21. The van der Waals surface area contributed by atoms with Gasteiger partial charge in [0.2, 0.25) is 0 Å². The zero-order valence-electron chi connectivity index (χ0n) is 11.9. The first-order chi connectivity index (χ1) is 9.65. The van der Waals surface area contributed by atoms with E-state index in [0.717, 1.165) is 11.3 Å². The Kier molecular flexibility index (Phi) is 5.87. The Bertz CT molecular complexity index is 595. The number of primary amides is 1. The molecule has 3 N–H and O–H groups in total. The first kappa shape index (κ1) is 17.6. The average Bonchev–Trinajstić information content (AvgIpc) is 2.89. The lowest BCUT2D eigenvalue weighted by Crippen LogP contribution is -2.47. The number of esters is 1. The molecule has 0 aliphatic carbocycles. The van der Waals surface area contributed by atoms with E-state index in [9.17, 15) is 18.0 Å². The van der Waals surface area contributed by atoms with E-state index in [1.54, 1.807) is 25.3 Å². The summed E-state index contributed by atoms with van der Waals surface area (Å²) >= 11 is 1.04. The summed E-state index contributed by atoms with van der Waals surface area (Å²) in [6.07, 6.45) is -1.12. The number of thiophene rings is 1. The number of rotatable bonds is 7. The number of carbonyl (C=O) groups is 2. The Balaban J connectivity index is 2.88. The minimum atomic E-state index is -3.81. The summed E-state index contributed by atoms with van der Waals surface area (Å²) in [6.45, 7) is 4.65. The summed E-state index contributed by atoms with van der Waals surface area (Å²) in [4.78, 5) is 22.9. The average molecular weight is 334 g/mol. The highest BCUT2D eigenvalue weighted by atomic mass is 32.2. The van der Waals surface area contributed by atoms with Crippen LogP contribution >= 0.6 is 11.3 Å². The van der Waals surface area contributed by atoms with Gasteiger partial charge in [-0.3, -0.25) is 9.59 Å². The molecule has 0 unspecified atom stereocenters. The Labute approximate surface area is 127 Å². The fraction of sp³-hybridized carbons (Fsp3) is 0.500. The topological polar surface area (TPSA) is 116 Å². The number of hydrogen-bond donors (Lipinski definition) is 2. The zero-order chi connectivity index (χ0) is 16.2. The molecule has 1 aromatic heterocycles. The van der Waals surface area contributed by atoms with Crippen molar-refractivity contribution in [3.05, 3.63) is 17.5 Å². The van der Waals surface area contributed by atoms with Crippen LogP contribution in [-0.2, 0) is 24.3 Å². The largest absolute Gasteiger partial charge is 0.451 e. The van der Waals surface area contributed by atoms with Gasteiger partial charge in [0.1, 0.15) is 10.3 Å². The highest BCUT2D eigenvalue weighted by molar-refractivity contribution is 7.91. The van der Waals surface area contributed by atoms with Crippen LogP contribution in [-0.4, -0.2) is 32.4 Å². The van der Waals surface area contributed by atoms with Gasteiger partial charge in [0.25, 0.3) is 15.9 Å². The van der Waals surface area contributed by atoms with Gasteiger partial charge in [-0.2, -0.15) is 4.72 Å². The zero-order valence-corrected chi connectivity index (χ0v) is 13.5. The van der Waals surface area contributed by atoms with Gasteiger partial charge in [-0.1, -0.05) is 19.9 Å². The Morgan fingerprint density at radius 1 is 1.33 bits per heavy atom. The Morgan fingerprint density at radius 3 is 2.38 bits per heavy atom. The standard InChI is InChI=1S/C12H18N2O5S2/c1-7(2)10(12(16)19-8(3)11(13)15)14-21(17,18)9-5-4-6-20-9/h4-8,10,14H,1-3H3,(H2,13,15)/t8-,10+/m0/s1. The summed E-state index contributed by atoms with van der Waals surface area (Å²) in [5.74, 6) is -1.99. The third-order valence-electron chi connectivity index (χ3n) is 2.66. The summed E-state index contributed by atoms with van der Waals surface area (Å²) in [7, 11) is -3.81. The maximum absolute atomic E-state index is 12.1. The van der Waals surface area contributed by atoms with Crippen LogP contribution in [0.15, 0.2) is 21.7 Å². The molecule has 0 aromatic carbocycles. The molecule has 1 heterocycles. The molecule has 7 nitrogen and oxygen atoms in total. The van der Waals surface area contributed by atoms with E-state index in [0.29, 0.717) is 0 Å². The van der Waals surface area contributed by atoms with Crippen molar-refractivity contribution in [2.24, 2.45) is 11.7 Å². The van der Waals surface area contributed by atoms with Crippen LogP contribution in [0.2, 0.25) is 0 Å². The second kappa shape index (κ2) is 7.01. The fourth-order valence-corrected chi connectivity index (χ4v) is 3.75. The normalized spacial score (nSPS) is 14.7. The molecule has 21 heavy (non-hydrogen) atoms. The predicted molar refractivity (Wildman–Crippen MR) is 78.0 cm³/mol. The predicted octanol–water partition coefficient (Wildman–Crippen LogP) is 0.468. The molecule has 1 amide bonds. The Hall–Kier alpha value is -1.45. The van der Waals surface area contributed by atoms with E-state index in [4.69, 9.17) is 10.5 Å². The van der Waals surface area contributed by atoms with Crippen molar-refractivity contribution in [3.63, 3.8) is 0 Å². The number of nitrogens with two attached hydrogens (primary N) is 1. The highest BCUT2D eigenvalue weighted by Crippen LogP contribution is 2.17. The maximum Gasteiger partial charge on any atom is 0.325 e. The highest BCUT2D eigenvalue weighted by Gasteiger charge is 2.31. The van der Waals surface area contributed by atoms with Crippen molar-refractivity contribution in [3.8, 4) is 0 Å². The van der Waals surface area contributed by atoms with Crippen LogP contribution in [0.1, 0.15) is 20.8 Å². The van der Waals surface area contributed by atoms with E-state index < -0.39 is 34.0 Å². The van der Waals surface area contributed by atoms with Crippen molar-refractivity contribution in [1.82, 2.24) is 4.72 Å². The number of hydrogen-bond acceptors (Lipinski definition) is 6. The smallest absolute Gasteiger partial charge is 0.325 e. The molecule has 0 saturated carbocycles. The molecule has 0 bridgehead atoms. The van der Waals surface area contributed by atoms with Crippen molar-refractivity contribution in [1.29, 1.82) is 0 Å². The maximum atomic E-state index is 12.1. The summed E-state index contributed by atoms with van der Waals surface area (Å²) in [5.41, 5.74) is 5.01. The van der Waals surface area contributed by atoms with Crippen molar-refractivity contribution < 1.29 is 22.7 Å². The van der Waals surface area contributed by atoms with Crippen LogP contribution in [0.3, 0.4) is 0 Å². The molecule has 9 heteroatoms. The van der Waals surface area contributed by atoms with Crippen molar-refractivity contribution in [2.45, 2.75) is 37.1 Å². The van der Waals surface area contributed by atoms with Crippen LogP contribution < -0.4 is 10.5 Å². The van der Waals surface area contributed by atoms with E-state index in [2.05, 4.69) is 4.72 Å². The van der Waals surface area contributed by atoms with E-state index >= 15 is 0 Å². The number of sulfonamides is 1. The minimum absolute atomic E-state index is 0.101. The lowest BCUT2D eigenvalue weighted by atomic mass is 10.1. The van der Waals surface area contributed by atoms with Gasteiger partial charge in [0.05, 0.1) is 0 Å². The molecule has 0 fully saturated rings. The molecule has 0 saturated heterocycles. The fourth-order valence-electron chi connectivity index (χ4n) is 1.40. The van der Waals surface area contributed by atoms with Gasteiger partial charge in [0.15, 0.2) is 6.10 Å². The second-order valence-electron chi connectivity index (χ2n) is 4.76. The molecule has 1 aromatic rings. The summed E-state index contributed by atoms with van der Waals surface area (Å²) in [6, 6.07) is 1.93. The van der Waals surface area contributed by atoms with E-state index in [-0.39, 0.29) is 10.1 Å². The molecular formula is C12H18N2O5S2. The quantitative estimate of drug-likeness (QED) is 0.703. The first-order valence-electron chi connectivity index (χ1n) is 6.20. The second-order valence-corrected chi connectivity index (χ2v) is 7.65. The van der Waals surface area contributed by atoms with Gasteiger partial charge in [-0.25, -0.2) is 8.42 Å². The van der Waals surface area contributed by atoms with Crippen LogP contribution in [0.25, 0.3) is 0 Å². The number of carbonyl (C=O) groups excluding carboxylic acids is 2. The van der Waals surface area contributed by atoms with Crippen LogP contribution in [0, 0.1) is 5.92 Å². The molecule has 0 aliphatic heterocycles. The monoisotopic (exact) mass is 334 g/mol. The van der Waals surface area contributed by atoms with Crippen LogP contribution in [0.4, 0.5) is 0 Å². The Morgan fingerprint density at radius 2 is 1.95 bits per heavy atom. The van der Waals surface area contributed by atoms with E-state index in [1.165, 1.54) is 13.0 Å². The summed E-state index contributed by atoms with van der Waals surface area (Å²) in [5, 5.41) is 1.62. The SMILES string of the molecule is CC(C)[C@@H](NS(=O)(=O)c1cccs1)C(=O)O[C@@H](C)C(N)=O. The summed E-state index contributed by atoms with van der Waals surface area (Å²) < 4.78 is 31.5. The third kappa shape index (κ3) is 4.80. The molecular weight excluding hydrogens is 316 g/mol. The molecule has 1 rings (SSSR count). The van der Waals surface area contributed by atoms with Crippen LogP contribution in [0.5, 0.6) is 0 Å². The molecule has 2 atom stereocenters. The van der Waals surface area contributed by atoms with Crippen molar-refractivity contribution >= 4 is 33.2 Å². The van der Waals surface area contributed by atoms with Gasteiger partial charge in [0, 0.05) is 0 Å². The van der Waals surface area contributed by atoms with Gasteiger partial charge < -0.3 is 10.5 Å². The van der Waals surface area contributed by atoms with Gasteiger partial charge in [-0.05, 0) is 24.3 Å². The number of amides is 1. The molecule has 0 spiro atoms. The van der Waals surface area contributed by atoms with E-state index in [1.807, 2.05) is 0 Å². The molecule has 118 valence electrons. The van der Waals surface area contributed by atoms with Crippen molar-refractivity contribution in [2.75, 3.05) is 0 Å². The number of ether oxygens (including phenoxy) is 1. The lowest BCUT2D eigenvalue weighted by molar-refractivity contribution is -0.156.